The topological polar surface area (TPSA) is 52.9 Å². The average molecular weight is 472 g/mol. The van der Waals surface area contributed by atoms with Crippen molar-refractivity contribution in [3.05, 3.63) is 35.5 Å². The van der Waals surface area contributed by atoms with E-state index in [0.717, 1.165) is 17.1 Å². The molecule has 4 aliphatic rings. The molecule has 34 heavy (non-hydrogen) atoms. The van der Waals surface area contributed by atoms with E-state index in [2.05, 4.69) is 51.3 Å². The van der Waals surface area contributed by atoms with Crippen LogP contribution in [-0.4, -0.2) is 59.2 Å². The van der Waals surface area contributed by atoms with Crippen LogP contribution in [0.15, 0.2) is 35.5 Å². The summed E-state index contributed by atoms with van der Waals surface area (Å²) in [5.74, 6) is 2.10. The lowest BCUT2D eigenvalue weighted by Gasteiger charge is -2.46. The van der Waals surface area contributed by atoms with Gasteiger partial charge in [-0.2, -0.15) is 0 Å². The van der Waals surface area contributed by atoms with Crippen LogP contribution in [0.25, 0.3) is 0 Å². The van der Waals surface area contributed by atoms with Gasteiger partial charge in [-0.1, -0.05) is 38.2 Å². The Balaban J connectivity index is 1.47. The number of aliphatic hydroxyl groups is 2. The van der Waals surface area contributed by atoms with E-state index in [9.17, 15) is 10.2 Å². The Kier molecular flexibility index (Phi) is 7.84. The second kappa shape index (κ2) is 10.2. The SMILES string of the molecule is C=C1/C(=C\C=C2/CCC[C@]3(C)[C@@H]([C@H](C)CN4CCC[C@@H]4C(C)(C)OC)CC[C@@H]23)C[C@@H](O)C[C@@H]1O. The van der Waals surface area contributed by atoms with E-state index in [1.54, 1.807) is 5.57 Å². The third kappa shape index (κ3) is 4.98. The molecule has 2 N–H and O–H groups in total. The number of nitrogens with zero attached hydrogens (tertiary/aromatic N) is 1. The summed E-state index contributed by atoms with van der Waals surface area (Å²) < 4.78 is 5.88. The molecule has 0 spiro atoms. The highest BCUT2D eigenvalue weighted by Gasteiger charge is 2.51. The number of methoxy groups -OCH3 is 1. The van der Waals surface area contributed by atoms with Gasteiger partial charge in [-0.05, 0) is 106 Å². The standard InChI is InChI=1S/C30H49NO3/c1-20(19-31-16-8-10-28(31)29(3,4)34-6)25-13-14-26-22(9-7-15-30(25,26)5)11-12-23-17-24(32)18-27(33)21(23)2/h11-12,20,24-28,32-33H,2,7-10,13-19H2,1,3-6H3/b22-11+,23-12-/t20-,24-,25-,26+,27+,28-,30-/m1/s1. The molecular formula is C30H49NO3. The molecular weight excluding hydrogens is 422 g/mol. The molecule has 0 bridgehead atoms. The third-order valence-corrected chi connectivity index (χ3v) is 10.2. The van der Waals surface area contributed by atoms with Crippen molar-refractivity contribution in [3.63, 3.8) is 0 Å². The molecule has 1 saturated heterocycles. The zero-order valence-corrected chi connectivity index (χ0v) is 22.4. The molecule has 0 amide bonds. The first-order valence-electron chi connectivity index (χ1n) is 13.8. The van der Waals surface area contributed by atoms with Gasteiger partial charge in [0.1, 0.15) is 0 Å². The van der Waals surface area contributed by atoms with Crippen molar-refractivity contribution < 1.29 is 14.9 Å². The summed E-state index contributed by atoms with van der Waals surface area (Å²) in [6.07, 6.45) is 13.4. The highest BCUT2D eigenvalue weighted by atomic mass is 16.5. The fourth-order valence-corrected chi connectivity index (χ4v) is 8.14. The van der Waals surface area contributed by atoms with Crippen LogP contribution >= 0.6 is 0 Å². The normalized spacial score (nSPS) is 40.8. The molecule has 0 aromatic rings. The zero-order valence-electron chi connectivity index (χ0n) is 22.4. The van der Waals surface area contributed by atoms with Gasteiger partial charge in [0.2, 0.25) is 0 Å². The Morgan fingerprint density at radius 2 is 1.97 bits per heavy atom. The Bertz CT molecular complexity index is 814. The van der Waals surface area contributed by atoms with Crippen molar-refractivity contribution >= 4 is 0 Å². The number of allylic oxidation sites excluding steroid dienone is 3. The maximum atomic E-state index is 10.2. The van der Waals surface area contributed by atoms with E-state index in [1.807, 2.05) is 7.11 Å². The van der Waals surface area contributed by atoms with Gasteiger partial charge < -0.3 is 14.9 Å². The number of rotatable bonds is 6. The van der Waals surface area contributed by atoms with Gasteiger partial charge in [0.15, 0.2) is 0 Å². The highest BCUT2D eigenvalue weighted by Crippen LogP contribution is 2.59. The van der Waals surface area contributed by atoms with E-state index in [0.29, 0.717) is 36.1 Å². The van der Waals surface area contributed by atoms with E-state index in [-0.39, 0.29) is 5.60 Å². The fraction of sp³-hybridized carbons (Fsp3) is 0.800. The molecule has 0 aromatic carbocycles. The number of ether oxygens (including phenoxy) is 1. The van der Waals surface area contributed by atoms with Gasteiger partial charge in [0.25, 0.3) is 0 Å². The maximum absolute atomic E-state index is 10.2. The van der Waals surface area contributed by atoms with Crippen molar-refractivity contribution in [3.8, 4) is 0 Å². The van der Waals surface area contributed by atoms with Crippen LogP contribution < -0.4 is 0 Å². The number of fused-ring (bicyclic) bond motifs is 1. The summed E-state index contributed by atoms with van der Waals surface area (Å²) in [6.45, 7) is 16.1. The van der Waals surface area contributed by atoms with Crippen LogP contribution in [0, 0.1) is 23.2 Å². The third-order valence-electron chi connectivity index (χ3n) is 10.2. The lowest BCUT2D eigenvalue weighted by molar-refractivity contribution is -0.0469. The Hall–Kier alpha value is -0.940. The lowest BCUT2D eigenvalue weighted by Crippen LogP contribution is -2.49. The Morgan fingerprint density at radius 1 is 1.21 bits per heavy atom. The maximum Gasteiger partial charge on any atom is 0.0811 e. The second-order valence-electron chi connectivity index (χ2n) is 12.6. The predicted molar refractivity (Wildman–Crippen MR) is 140 cm³/mol. The minimum absolute atomic E-state index is 0.0864. The number of hydrogen-bond acceptors (Lipinski definition) is 4. The molecule has 4 rings (SSSR count). The molecule has 4 fully saturated rings. The van der Waals surface area contributed by atoms with E-state index >= 15 is 0 Å². The molecule has 4 heteroatoms. The fourth-order valence-electron chi connectivity index (χ4n) is 8.14. The predicted octanol–water partition coefficient (Wildman–Crippen LogP) is 5.65. The first-order valence-corrected chi connectivity index (χ1v) is 13.8. The molecule has 0 unspecified atom stereocenters. The first kappa shape index (κ1) is 26.1. The molecule has 3 aliphatic carbocycles. The van der Waals surface area contributed by atoms with Crippen molar-refractivity contribution in [2.45, 2.75) is 109 Å². The van der Waals surface area contributed by atoms with Crippen molar-refractivity contribution in [2.75, 3.05) is 20.2 Å². The van der Waals surface area contributed by atoms with Crippen LogP contribution in [0.4, 0.5) is 0 Å². The Morgan fingerprint density at radius 3 is 2.71 bits per heavy atom. The summed E-state index contributed by atoms with van der Waals surface area (Å²) in [7, 11) is 1.86. The van der Waals surface area contributed by atoms with Crippen LogP contribution in [0.2, 0.25) is 0 Å². The number of hydrogen-bond donors (Lipinski definition) is 2. The minimum Gasteiger partial charge on any atom is -0.393 e. The van der Waals surface area contributed by atoms with Crippen LogP contribution in [0.5, 0.6) is 0 Å². The Labute approximate surface area is 208 Å². The van der Waals surface area contributed by atoms with Gasteiger partial charge in [-0.15, -0.1) is 0 Å². The molecule has 192 valence electrons. The molecule has 7 atom stereocenters. The minimum atomic E-state index is -0.612. The van der Waals surface area contributed by atoms with Crippen LogP contribution in [0.1, 0.15) is 85.5 Å². The molecule has 4 nitrogen and oxygen atoms in total. The van der Waals surface area contributed by atoms with E-state index in [4.69, 9.17) is 4.74 Å². The molecule has 1 heterocycles. The summed E-state index contributed by atoms with van der Waals surface area (Å²) in [6, 6.07) is 0.521. The van der Waals surface area contributed by atoms with Crippen molar-refractivity contribution in [1.29, 1.82) is 0 Å². The monoisotopic (exact) mass is 471 g/mol. The number of aliphatic hydroxyl groups excluding tert-OH is 2. The van der Waals surface area contributed by atoms with Crippen molar-refractivity contribution in [1.82, 2.24) is 4.90 Å². The molecule has 1 aliphatic heterocycles. The van der Waals surface area contributed by atoms with Gasteiger partial charge in [0.05, 0.1) is 17.8 Å². The van der Waals surface area contributed by atoms with Gasteiger partial charge in [0, 0.05) is 26.1 Å². The largest absolute Gasteiger partial charge is 0.393 e. The van der Waals surface area contributed by atoms with Crippen LogP contribution in [0.3, 0.4) is 0 Å². The summed E-state index contributed by atoms with van der Waals surface area (Å²) >= 11 is 0. The highest BCUT2D eigenvalue weighted by molar-refractivity contribution is 5.38. The summed E-state index contributed by atoms with van der Waals surface area (Å²) in [5.41, 5.74) is 3.68. The second-order valence-corrected chi connectivity index (χ2v) is 12.6. The van der Waals surface area contributed by atoms with E-state index in [1.165, 1.54) is 58.0 Å². The summed E-state index contributed by atoms with van der Waals surface area (Å²) in [4.78, 5) is 2.72. The quantitative estimate of drug-likeness (QED) is 0.525. The first-order chi connectivity index (χ1) is 16.1. The zero-order chi connectivity index (χ0) is 24.7. The van der Waals surface area contributed by atoms with Gasteiger partial charge >= 0.3 is 0 Å². The average Bonchev–Trinajstić information content (AvgIpc) is 3.39. The lowest BCUT2D eigenvalue weighted by atomic mass is 9.61. The smallest absolute Gasteiger partial charge is 0.0811 e. The van der Waals surface area contributed by atoms with E-state index < -0.39 is 12.2 Å². The van der Waals surface area contributed by atoms with Crippen molar-refractivity contribution in [2.24, 2.45) is 23.2 Å². The van der Waals surface area contributed by atoms with Crippen LogP contribution in [-0.2, 0) is 4.74 Å². The molecule has 0 aromatic heterocycles. The molecule has 3 saturated carbocycles. The van der Waals surface area contributed by atoms with Gasteiger partial charge in [-0.25, -0.2) is 0 Å². The molecule has 0 radical (unpaired) electrons. The number of likely N-dealkylation sites (tertiary alicyclic amines) is 1. The van der Waals surface area contributed by atoms with Gasteiger partial charge in [-0.3, -0.25) is 4.90 Å². The summed E-state index contributed by atoms with van der Waals surface area (Å²) in [5, 5.41) is 20.3.